The largest absolute Gasteiger partial charge is 0.325 e. The van der Waals surface area contributed by atoms with Crippen LogP contribution in [0.2, 0.25) is 0 Å². The number of aromatic nitrogens is 1. The van der Waals surface area contributed by atoms with E-state index in [2.05, 4.69) is 5.32 Å². The van der Waals surface area contributed by atoms with Crippen molar-refractivity contribution in [1.29, 1.82) is 0 Å². The molecular weight excluding hydrogens is 333 g/mol. The van der Waals surface area contributed by atoms with E-state index >= 15 is 0 Å². The number of amides is 3. The molecule has 0 saturated carbocycles. The Labute approximate surface area is 141 Å². The first-order valence-electron chi connectivity index (χ1n) is 7.38. The highest BCUT2D eigenvalue weighted by Crippen LogP contribution is 2.28. The quantitative estimate of drug-likeness (QED) is 0.856. The fraction of sp³-hybridized carbons (Fsp3) is 0.312. The summed E-state index contributed by atoms with van der Waals surface area (Å²) in [5.74, 6) is -0.830. The predicted molar refractivity (Wildman–Crippen MR) is 87.3 cm³/mol. The van der Waals surface area contributed by atoms with Crippen molar-refractivity contribution in [2.75, 3.05) is 6.54 Å². The molecule has 1 aromatic heterocycles. The number of carbonyl (C=O) groups is 2. The van der Waals surface area contributed by atoms with Gasteiger partial charge in [0.1, 0.15) is 11.4 Å². The van der Waals surface area contributed by atoms with E-state index in [0.29, 0.717) is 5.56 Å². The van der Waals surface area contributed by atoms with E-state index in [1.54, 1.807) is 19.2 Å². The first-order valence-corrected chi connectivity index (χ1v) is 8.26. The van der Waals surface area contributed by atoms with E-state index in [1.807, 2.05) is 0 Å². The second-order valence-electron chi connectivity index (χ2n) is 5.81. The Morgan fingerprint density at radius 1 is 1.17 bits per heavy atom. The van der Waals surface area contributed by atoms with Gasteiger partial charge in [-0.15, -0.1) is 0 Å². The first-order chi connectivity index (χ1) is 11.3. The van der Waals surface area contributed by atoms with Gasteiger partial charge >= 0.3 is 10.9 Å². The lowest BCUT2D eigenvalue weighted by Gasteiger charge is -2.22. The van der Waals surface area contributed by atoms with Crippen molar-refractivity contribution in [2.45, 2.75) is 25.9 Å². The average molecular weight is 349 g/mol. The van der Waals surface area contributed by atoms with Crippen molar-refractivity contribution in [3.8, 4) is 0 Å². The number of nitrogens with zero attached hydrogens (tertiary/aromatic N) is 2. The highest BCUT2D eigenvalue weighted by atomic mass is 32.1. The monoisotopic (exact) mass is 349 g/mol. The molecule has 1 saturated heterocycles. The SMILES string of the molecule is Cc1csc(=O)n1CCN1C(=O)N[C@@](C)(c2ccc(F)cc2)C1=O. The molecule has 1 aliphatic heterocycles. The Morgan fingerprint density at radius 2 is 1.83 bits per heavy atom. The van der Waals surface area contributed by atoms with Crippen LogP contribution in [0.4, 0.5) is 9.18 Å². The molecule has 24 heavy (non-hydrogen) atoms. The smallest absolute Gasteiger partial charge is 0.319 e. The molecule has 1 atom stereocenters. The topological polar surface area (TPSA) is 71.4 Å². The van der Waals surface area contributed by atoms with E-state index < -0.39 is 23.3 Å². The molecule has 6 nitrogen and oxygen atoms in total. The molecule has 0 unspecified atom stereocenters. The normalized spacial score (nSPS) is 20.5. The molecule has 2 heterocycles. The van der Waals surface area contributed by atoms with Crippen LogP contribution in [-0.2, 0) is 16.9 Å². The summed E-state index contributed by atoms with van der Waals surface area (Å²) in [5.41, 5.74) is 0.0615. The number of thiazole rings is 1. The zero-order valence-corrected chi connectivity index (χ0v) is 14.0. The van der Waals surface area contributed by atoms with Gasteiger partial charge in [-0.1, -0.05) is 23.5 Å². The molecule has 2 aromatic rings. The molecule has 0 bridgehead atoms. The predicted octanol–water partition coefficient (Wildman–Crippen LogP) is 1.82. The summed E-state index contributed by atoms with van der Waals surface area (Å²) < 4.78 is 14.6. The molecule has 0 spiro atoms. The van der Waals surface area contributed by atoms with E-state index in [9.17, 15) is 18.8 Å². The van der Waals surface area contributed by atoms with Crippen LogP contribution in [0.5, 0.6) is 0 Å². The number of rotatable bonds is 4. The minimum atomic E-state index is -1.24. The standard InChI is InChI=1S/C16H16FN3O3S/c1-10-9-24-15(23)19(10)7-8-20-13(21)16(2,18-14(20)22)11-3-5-12(17)6-4-11/h3-6,9H,7-8H2,1-2H3,(H,18,22)/t16-/m0/s1. The number of nitrogens with one attached hydrogen (secondary N) is 1. The van der Waals surface area contributed by atoms with Gasteiger partial charge < -0.3 is 9.88 Å². The van der Waals surface area contributed by atoms with Gasteiger partial charge in [-0.25, -0.2) is 9.18 Å². The fourth-order valence-electron chi connectivity index (χ4n) is 2.75. The molecular formula is C16H16FN3O3S. The van der Waals surface area contributed by atoms with Crippen molar-refractivity contribution in [3.63, 3.8) is 0 Å². The zero-order valence-electron chi connectivity index (χ0n) is 13.2. The number of imide groups is 1. The number of urea groups is 1. The molecule has 0 aliphatic carbocycles. The molecule has 1 fully saturated rings. The molecule has 3 rings (SSSR count). The number of aryl methyl sites for hydroxylation is 1. The summed E-state index contributed by atoms with van der Waals surface area (Å²) in [4.78, 5) is 37.6. The van der Waals surface area contributed by atoms with Crippen molar-refractivity contribution in [1.82, 2.24) is 14.8 Å². The lowest BCUT2D eigenvalue weighted by Crippen LogP contribution is -2.41. The highest BCUT2D eigenvalue weighted by molar-refractivity contribution is 7.07. The van der Waals surface area contributed by atoms with Gasteiger partial charge in [0.05, 0.1) is 0 Å². The third kappa shape index (κ3) is 2.62. The Bertz CT molecular complexity index is 858. The lowest BCUT2D eigenvalue weighted by molar-refractivity contribution is -0.131. The van der Waals surface area contributed by atoms with E-state index in [0.717, 1.165) is 21.9 Å². The van der Waals surface area contributed by atoms with E-state index in [-0.39, 0.29) is 18.0 Å². The fourth-order valence-corrected chi connectivity index (χ4v) is 3.51. The van der Waals surface area contributed by atoms with Crippen LogP contribution in [0.15, 0.2) is 34.4 Å². The van der Waals surface area contributed by atoms with Crippen molar-refractivity contribution in [3.05, 3.63) is 56.4 Å². The summed E-state index contributed by atoms with van der Waals surface area (Å²) in [6, 6.07) is 4.93. The van der Waals surface area contributed by atoms with Gasteiger partial charge in [0.2, 0.25) is 0 Å². The molecule has 1 aliphatic rings. The number of benzene rings is 1. The van der Waals surface area contributed by atoms with Crippen molar-refractivity contribution < 1.29 is 14.0 Å². The Balaban J connectivity index is 1.81. The van der Waals surface area contributed by atoms with Gasteiger partial charge in [0.25, 0.3) is 5.91 Å². The summed E-state index contributed by atoms with van der Waals surface area (Å²) in [5, 5.41) is 4.39. The summed E-state index contributed by atoms with van der Waals surface area (Å²) in [6.07, 6.45) is 0. The minimum Gasteiger partial charge on any atom is -0.319 e. The van der Waals surface area contributed by atoms with Gasteiger partial charge in [-0.3, -0.25) is 14.5 Å². The van der Waals surface area contributed by atoms with E-state index in [1.165, 1.54) is 28.8 Å². The van der Waals surface area contributed by atoms with Gasteiger partial charge in [-0.2, -0.15) is 0 Å². The van der Waals surface area contributed by atoms with Crippen LogP contribution in [0.3, 0.4) is 0 Å². The Kier molecular flexibility index (Phi) is 4.00. The maximum atomic E-state index is 13.1. The molecule has 1 aromatic carbocycles. The maximum Gasteiger partial charge on any atom is 0.325 e. The van der Waals surface area contributed by atoms with Crippen LogP contribution in [-0.4, -0.2) is 28.0 Å². The second-order valence-corrected chi connectivity index (χ2v) is 6.63. The van der Waals surface area contributed by atoms with Crippen LogP contribution in [0.25, 0.3) is 0 Å². The van der Waals surface area contributed by atoms with Crippen molar-refractivity contribution in [2.24, 2.45) is 0 Å². The summed E-state index contributed by atoms with van der Waals surface area (Å²) in [7, 11) is 0. The minimum absolute atomic E-state index is 0.0962. The van der Waals surface area contributed by atoms with Crippen LogP contribution < -0.4 is 10.2 Å². The second kappa shape index (κ2) is 5.86. The van der Waals surface area contributed by atoms with Gasteiger partial charge in [0.15, 0.2) is 0 Å². The molecule has 1 N–H and O–H groups in total. The van der Waals surface area contributed by atoms with Crippen LogP contribution in [0, 0.1) is 12.7 Å². The maximum absolute atomic E-state index is 13.1. The van der Waals surface area contributed by atoms with Gasteiger partial charge in [0, 0.05) is 24.2 Å². The van der Waals surface area contributed by atoms with E-state index in [4.69, 9.17) is 0 Å². The number of carbonyl (C=O) groups excluding carboxylic acids is 2. The average Bonchev–Trinajstić information content (AvgIpc) is 2.97. The third-order valence-electron chi connectivity index (χ3n) is 4.22. The Hall–Kier alpha value is -2.48. The first kappa shape index (κ1) is 16.4. The number of halogens is 1. The Morgan fingerprint density at radius 3 is 2.42 bits per heavy atom. The highest BCUT2D eigenvalue weighted by Gasteiger charge is 2.48. The molecule has 126 valence electrons. The number of hydrogen-bond donors (Lipinski definition) is 1. The molecule has 8 heteroatoms. The molecule has 0 radical (unpaired) electrons. The summed E-state index contributed by atoms with van der Waals surface area (Å²) in [6.45, 7) is 3.72. The lowest BCUT2D eigenvalue weighted by atomic mass is 9.92. The molecule has 3 amide bonds. The van der Waals surface area contributed by atoms with Crippen LogP contribution in [0.1, 0.15) is 18.2 Å². The third-order valence-corrected chi connectivity index (χ3v) is 5.10. The van der Waals surface area contributed by atoms with Gasteiger partial charge in [-0.05, 0) is 31.5 Å². The van der Waals surface area contributed by atoms with Crippen molar-refractivity contribution >= 4 is 23.3 Å². The van der Waals surface area contributed by atoms with Crippen LogP contribution >= 0.6 is 11.3 Å². The summed E-state index contributed by atoms with van der Waals surface area (Å²) >= 11 is 1.08. The zero-order chi connectivity index (χ0) is 17.5. The number of hydrogen-bond acceptors (Lipinski definition) is 4.